The Hall–Kier alpha value is -1.22. The smallest absolute Gasteiger partial charge is 0.129 e. The first-order chi connectivity index (χ1) is 8.00. The van der Waals surface area contributed by atoms with Crippen molar-refractivity contribution >= 4 is 0 Å². The van der Waals surface area contributed by atoms with Crippen LogP contribution in [0, 0.1) is 13.8 Å². The zero-order valence-electron chi connectivity index (χ0n) is 11.0. The average molecular weight is 236 g/mol. The van der Waals surface area contributed by atoms with E-state index >= 15 is 0 Å². The lowest BCUT2D eigenvalue weighted by molar-refractivity contribution is 0.00781. The second-order valence-electron chi connectivity index (χ2n) is 5.04. The third-order valence-corrected chi connectivity index (χ3v) is 3.60. The van der Waals surface area contributed by atoms with Crippen molar-refractivity contribution in [3.8, 4) is 11.5 Å². The zero-order chi connectivity index (χ0) is 12.6. The first kappa shape index (κ1) is 12.2. The average Bonchev–Trinajstić information content (AvgIpc) is 2.29. The molecule has 1 N–H and O–H groups in total. The quantitative estimate of drug-likeness (QED) is 0.857. The van der Waals surface area contributed by atoms with E-state index in [-0.39, 0.29) is 6.61 Å². The van der Waals surface area contributed by atoms with E-state index < -0.39 is 5.60 Å². The van der Waals surface area contributed by atoms with E-state index in [0.717, 1.165) is 35.5 Å². The van der Waals surface area contributed by atoms with E-state index in [1.165, 1.54) is 5.56 Å². The van der Waals surface area contributed by atoms with Gasteiger partial charge in [0.15, 0.2) is 0 Å². The predicted molar refractivity (Wildman–Crippen MR) is 66.9 cm³/mol. The normalized spacial score (nSPS) is 22.9. The number of hydrogen-bond donors (Lipinski definition) is 1. The van der Waals surface area contributed by atoms with Crippen LogP contribution in [0.3, 0.4) is 0 Å². The van der Waals surface area contributed by atoms with Gasteiger partial charge in [0, 0.05) is 5.56 Å². The van der Waals surface area contributed by atoms with E-state index in [1.54, 1.807) is 7.11 Å². The van der Waals surface area contributed by atoms with E-state index in [9.17, 15) is 5.11 Å². The highest BCUT2D eigenvalue weighted by Crippen LogP contribution is 2.40. The largest absolute Gasteiger partial charge is 0.496 e. The molecule has 0 spiro atoms. The van der Waals surface area contributed by atoms with Crippen molar-refractivity contribution in [3.05, 3.63) is 22.8 Å². The molecule has 1 unspecified atom stereocenters. The molecule has 0 bridgehead atoms. The molecule has 0 amide bonds. The number of aliphatic hydroxyl groups is 1. The lowest BCUT2D eigenvalue weighted by Gasteiger charge is -2.35. The van der Waals surface area contributed by atoms with Gasteiger partial charge in [0.2, 0.25) is 0 Å². The molecule has 0 radical (unpaired) electrons. The van der Waals surface area contributed by atoms with Crippen molar-refractivity contribution in [1.29, 1.82) is 0 Å². The molecule has 2 rings (SSSR count). The summed E-state index contributed by atoms with van der Waals surface area (Å²) in [7, 11) is 1.70. The molecule has 1 heterocycles. The number of methoxy groups -OCH3 is 1. The molecule has 0 saturated heterocycles. The summed E-state index contributed by atoms with van der Waals surface area (Å²) in [5.41, 5.74) is 2.99. The van der Waals surface area contributed by atoms with Crippen molar-refractivity contribution in [2.75, 3.05) is 13.7 Å². The topological polar surface area (TPSA) is 38.7 Å². The molecule has 0 fully saturated rings. The van der Waals surface area contributed by atoms with Gasteiger partial charge in [-0.3, -0.25) is 0 Å². The Balaban J connectivity index is 2.48. The van der Waals surface area contributed by atoms with E-state index in [4.69, 9.17) is 9.47 Å². The van der Waals surface area contributed by atoms with Crippen LogP contribution >= 0.6 is 0 Å². The second-order valence-corrected chi connectivity index (χ2v) is 5.04. The Kier molecular flexibility index (Phi) is 3.04. The third-order valence-electron chi connectivity index (χ3n) is 3.60. The van der Waals surface area contributed by atoms with Crippen LogP contribution in [0.5, 0.6) is 11.5 Å². The van der Waals surface area contributed by atoms with Crippen LogP contribution < -0.4 is 9.47 Å². The van der Waals surface area contributed by atoms with Gasteiger partial charge in [0.1, 0.15) is 17.1 Å². The third kappa shape index (κ3) is 2.00. The Morgan fingerprint density at radius 1 is 1.47 bits per heavy atom. The molecule has 1 aromatic carbocycles. The van der Waals surface area contributed by atoms with Gasteiger partial charge in [-0.15, -0.1) is 0 Å². The predicted octanol–water partition coefficient (Wildman–Crippen LogP) is 2.39. The molecule has 1 aliphatic heterocycles. The summed E-state index contributed by atoms with van der Waals surface area (Å²) in [6, 6.07) is 2.01. The maximum atomic E-state index is 9.37. The highest BCUT2D eigenvalue weighted by Gasteiger charge is 2.32. The molecule has 1 aromatic rings. The van der Waals surface area contributed by atoms with Gasteiger partial charge in [0.25, 0.3) is 0 Å². The molecule has 1 atom stereocenters. The van der Waals surface area contributed by atoms with Crippen LogP contribution in [-0.4, -0.2) is 24.4 Å². The van der Waals surface area contributed by atoms with Crippen LogP contribution in [0.4, 0.5) is 0 Å². The summed E-state index contributed by atoms with van der Waals surface area (Å²) in [6.45, 7) is 6.08. The van der Waals surface area contributed by atoms with Gasteiger partial charge in [-0.2, -0.15) is 0 Å². The fourth-order valence-corrected chi connectivity index (χ4v) is 2.50. The van der Waals surface area contributed by atoms with Gasteiger partial charge in [-0.1, -0.05) is 0 Å². The van der Waals surface area contributed by atoms with Crippen LogP contribution in [0.15, 0.2) is 6.07 Å². The highest BCUT2D eigenvalue weighted by molar-refractivity contribution is 5.53. The first-order valence-corrected chi connectivity index (χ1v) is 5.97. The van der Waals surface area contributed by atoms with Gasteiger partial charge in [0.05, 0.1) is 13.7 Å². The minimum absolute atomic E-state index is 0.0521. The number of hydrogen-bond acceptors (Lipinski definition) is 3. The van der Waals surface area contributed by atoms with E-state index in [1.807, 2.05) is 19.9 Å². The molecular weight excluding hydrogens is 216 g/mol. The number of ether oxygens (including phenoxy) is 2. The molecule has 0 aliphatic carbocycles. The summed E-state index contributed by atoms with van der Waals surface area (Å²) >= 11 is 0. The number of benzene rings is 1. The molecule has 3 nitrogen and oxygen atoms in total. The molecule has 0 aromatic heterocycles. The van der Waals surface area contributed by atoms with Crippen molar-refractivity contribution in [2.45, 2.75) is 39.2 Å². The number of rotatable bonds is 2. The highest BCUT2D eigenvalue weighted by atomic mass is 16.5. The van der Waals surface area contributed by atoms with Gasteiger partial charge in [-0.05, 0) is 50.8 Å². The van der Waals surface area contributed by atoms with Crippen molar-refractivity contribution in [1.82, 2.24) is 0 Å². The summed E-state index contributed by atoms with van der Waals surface area (Å²) in [5, 5.41) is 9.37. The number of aryl methyl sites for hydroxylation is 1. The van der Waals surface area contributed by atoms with Crippen molar-refractivity contribution < 1.29 is 14.6 Å². The van der Waals surface area contributed by atoms with Crippen LogP contribution in [0.2, 0.25) is 0 Å². The lowest BCUT2D eigenvalue weighted by atomic mass is 9.89. The molecule has 1 aliphatic rings. The number of fused-ring (bicyclic) bond motifs is 1. The van der Waals surface area contributed by atoms with Crippen LogP contribution in [0.1, 0.15) is 30.0 Å². The first-order valence-electron chi connectivity index (χ1n) is 5.97. The SMILES string of the molecule is COc1c(C)cc2c(c1C)CCC(C)(CO)O2. The Morgan fingerprint density at radius 3 is 2.76 bits per heavy atom. The fraction of sp³-hybridized carbons (Fsp3) is 0.571. The van der Waals surface area contributed by atoms with Crippen molar-refractivity contribution in [3.63, 3.8) is 0 Å². The minimum atomic E-state index is -0.444. The van der Waals surface area contributed by atoms with Crippen LogP contribution in [0.25, 0.3) is 0 Å². The van der Waals surface area contributed by atoms with E-state index in [2.05, 4.69) is 6.92 Å². The van der Waals surface area contributed by atoms with Crippen molar-refractivity contribution in [2.24, 2.45) is 0 Å². The maximum Gasteiger partial charge on any atom is 0.129 e. The monoisotopic (exact) mass is 236 g/mol. The van der Waals surface area contributed by atoms with Gasteiger partial charge < -0.3 is 14.6 Å². The summed E-state index contributed by atoms with van der Waals surface area (Å²) in [6.07, 6.45) is 1.76. The second kappa shape index (κ2) is 4.22. The Morgan fingerprint density at radius 2 is 2.18 bits per heavy atom. The zero-order valence-corrected chi connectivity index (χ0v) is 11.0. The van der Waals surface area contributed by atoms with E-state index in [0.29, 0.717) is 0 Å². The van der Waals surface area contributed by atoms with Gasteiger partial charge >= 0.3 is 0 Å². The van der Waals surface area contributed by atoms with Crippen LogP contribution in [-0.2, 0) is 6.42 Å². The molecule has 3 heteroatoms. The standard InChI is InChI=1S/C14H20O3/c1-9-7-12-11(10(2)13(9)16-4)5-6-14(3,8-15)17-12/h7,15H,5-6,8H2,1-4H3. The summed E-state index contributed by atoms with van der Waals surface area (Å²) in [5.74, 6) is 1.84. The molecule has 0 saturated carbocycles. The minimum Gasteiger partial charge on any atom is -0.496 e. The Labute approximate surface area is 102 Å². The lowest BCUT2D eigenvalue weighted by Crippen LogP contribution is -2.40. The molecular formula is C14H20O3. The van der Waals surface area contributed by atoms with Gasteiger partial charge in [-0.25, -0.2) is 0 Å². The number of aliphatic hydroxyl groups excluding tert-OH is 1. The fourth-order valence-electron chi connectivity index (χ4n) is 2.50. The summed E-state index contributed by atoms with van der Waals surface area (Å²) in [4.78, 5) is 0. The molecule has 94 valence electrons. The molecule has 17 heavy (non-hydrogen) atoms. The maximum absolute atomic E-state index is 9.37. The summed E-state index contributed by atoms with van der Waals surface area (Å²) < 4.78 is 11.3. The Bertz CT molecular complexity index is 440.